The normalized spacial score (nSPS) is 11.3. The highest BCUT2D eigenvalue weighted by molar-refractivity contribution is 5.80. The Morgan fingerprint density at radius 2 is 1.83 bits per heavy atom. The topological polar surface area (TPSA) is 68.5 Å². The summed E-state index contributed by atoms with van der Waals surface area (Å²) in [6.45, 7) is 3.69. The van der Waals surface area contributed by atoms with Gasteiger partial charge in [0.2, 0.25) is 0 Å². The van der Waals surface area contributed by atoms with Crippen LogP contribution in [0.1, 0.15) is 19.4 Å². The molecule has 0 unspecified atom stereocenters. The van der Waals surface area contributed by atoms with Crippen molar-refractivity contribution in [3.8, 4) is 0 Å². The molecule has 0 aliphatic heterocycles. The molecular weight excluding hydrogens is 304 g/mol. The lowest BCUT2D eigenvalue weighted by molar-refractivity contribution is 0.0561. The highest BCUT2D eigenvalue weighted by atomic mass is 16.7. The Kier molecular flexibility index (Phi) is 4.56. The van der Waals surface area contributed by atoms with Crippen molar-refractivity contribution in [3.05, 3.63) is 70.5 Å². The molecule has 0 amide bonds. The molecule has 0 atom stereocenters. The molecule has 6 heteroatoms. The van der Waals surface area contributed by atoms with Crippen LogP contribution in [0.3, 0.4) is 0 Å². The van der Waals surface area contributed by atoms with Gasteiger partial charge in [-0.1, -0.05) is 42.5 Å². The lowest BCUT2D eigenvalue weighted by Crippen LogP contribution is -2.33. The monoisotopic (exact) mass is 322 g/mol. The number of hydrogen-bond acceptors (Lipinski definition) is 5. The highest BCUT2D eigenvalue weighted by Crippen LogP contribution is 2.10. The second kappa shape index (κ2) is 6.95. The summed E-state index contributed by atoms with van der Waals surface area (Å²) in [6.07, 6.45) is 1.48. The zero-order chi connectivity index (χ0) is 16.9. The molecule has 122 valence electrons. The van der Waals surface area contributed by atoms with Gasteiger partial charge in [-0.3, -0.25) is 4.79 Å². The van der Waals surface area contributed by atoms with Gasteiger partial charge in [-0.05, 0) is 31.5 Å². The average molecular weight is 322 g/mol. The Morgan fingerprint density at radius 3 is 2.58 bits per heavy atom. The van der Waals surface area contributed by atoms with Crippen LogP contribution in [0.4, 0.5) is 5.95 Å². The van der Waals surface area contributed by atoms with E-state index in [1.165, 1.54) is 0 Å². The summed E-state index contributed by atoms with van der Waals surface area (Å²) in [5, 5.41) is 4.65. The fourth-order valence-corrected chi connectivity index (χ4v) is 2.20. The molecule has 1 N–H and O–H groups in total. The maximum absolute atomic E-state index is 12.6. The van der Waals surface area contributed by atoms with Crippen molar-refractivity contribution in [1.82, 2.24) is 9.71 Å². The molecule has 6 nitrogen and oxygen atoms in total. The summed E-state index contributed by atoms with van der Waals surface area (Å²) in [5.74, 6) is 0.236. The van der Waals surface area contributed by atoms with Crippen LogP contribution in [-0.2, 0) is 0 Å². The number of rotatable bonds is 5. The highest BCUT2D eigenvalue weighted by Gasteiger charge is 2.12. The predicted molar refractivity (Wildman–Crippen MR) is 95.4 cm³/mol. The quantitative estimate of drug-likeness (QED) is 0.579. The summed E-state index contributed by atoms with van der Waals surface area (Å²) in [7, 11) is 0. The SMILES string of the molecule is CC(C)On1c(N/N=C\c2ccccc2)nc2ccccc2c1=O. The first-order chi connectivity index (χ1) is 11.6. The molecule has 0 aliphatic rings. The lowest BCUT2D eigenvalue weighted by atomic mass is 10.2. The van der Waals surface area contributed by atoms with Gasteiger partial charge < -0.3 is 4.84 Å². The van der Waals surface area contributed by atoms with Gasteiger partial charge in [0.25, 0.3) is 11.5 Å². The van der Waals surface area contributed by atoms with Gasteiger partial charge in [0.1, 0.15) is 6.10 Å². The van der Waals surface area contributed by atoms with Crippen molar-refractivity contribution < 1.29 is 4.84 Å². The predicted octanol–water partition coefficient (Wildman–Crippen LogP) is 2.68. The molecule has 0 aliphatic carbocycles. The van der Waals surface area contributed by atoms with Gasteiger partial charge in [-0.25, -0.2) is 10.4 Å². The van der Waals surface area contributed by atoms with Crippen molar-refractivity contribution in [1.29, 1.82) is 0 Å². The number of nitrogens with zero attached hydrogens (tertiary/aromatic N) is 3. The Bertz CT molecular complexity index is 917. The molecule has 0 bridgehead atoms. The van der Waals surface area contributed by atoms with E-state index in [9.17, 15) is 4.79 Å². The van der Waals surface area contributed by atoms with E-state index in [-0.39, 0.29) is 17.6 Å². The lowest BCUT2D eigenvalue weighted by Gasteiger charge is -2.15. The number of nitrogens with one attached hydrogen (secondary N) is 1. The van der Waals surface area contributed by atoms with Crippen molar-refractivity contribution >= 4 is 23.1 Å². The van der Waals surface area contributed by atoms with Crippen LogP contribution in [-0.4, -0.2) is 22.0 Å². The van der Waals surface area contributed by atoms with Gasteiger partial charge in [0, 0.05) is 0 Å². The zero-order valence-corrected chi connectivity index (χ0v) is 13.5. The molecule has 0 spiro atoms. The van der Waals surface area contributed by atoms with Crippen LogP contribution in [0.2, 0.25) is 0 Å². The maximum atomic E-state index is 12.6. The third-order valence-corrected chi connectivity index (χ3v) is 3.23. The van der Waals surface area contributed by atoms with E-state index >= 15 is 0 Å². The third kappa shape index (κ3) is 3.43. The van der Waals surface area contributed by atoms with Crippen molar-refractivity contribution in [2.24, 2.45) is 5.10 Å². The van der Waals surface area contributed by atoms with Crippen LogP contribution in [0, 0.1) is 0 Å². The van der Waals surface area contributed by atoms with E-state index in [1.54, 1.807) is 24.4 Å². The number of hydrogen-bond donors (Lipinski definition) is 1. The van der Waals surface area contributed by atoms with Crippen molar-refractivity contribution in [2.45, 2.75) is 20.0 Å². The largest absolute Gasteiger partial charge is 0.405 e. The molecule has 24 heavy (non-hydrogen) atoms. The molecule has 0 fully saturated rings. The molecular formula is C18H18N4O2. The molecule has 0 radical (unpaired) electrons. The molecule has 1 aromatic heterocycles. The van der Waals surface area contributed by atoms with Gasteiger partial charge in [-0.2, -0.15) is 5.10 Å². The smallest absolute Gasteiger partial charge is 0.295 e. The number of aromatic nitrogens is 2. The number of para-hydroxylation sites is 1. The first-order valence-electron chi connectivity index (χ1n) is 7.68. The van der Waals surface area contributed by atoms with Crippen LogP contribution < -0.4 is 15.8 Å². The Hall–Kier alpha value is -3.15. The van der Waals surface area contributed by atoms with Gasteiger partial charge in [-0.15, -0.1) is 4.73 Å². The van der Waals surface area contributed by atoms with Crippen LogP contribution >= 0.6 is 0 Å². The third-order valence-electron chi connectivity index (χ3n) is 3.23. The summed E-state index contributed by atoms with van der Waals surface area (Å²) < 4.78 is 1.15. The zero-order valence-electron chi connectivity index (χ0n) is 13.5. The minimum absolute atomic E-state index is 0.177. The standard InChI is InChI=1S/C18H18N4O2/c1-13(2)24-22-17(23)15-10-6-7-11-16(15)20-18(22)21-19-12-14-8-4-3-5-9-14/h3-13H,1-2H3,(H,20,21)/b19-12-. The number of benzene rings is 2. The molecule has 3 aromatic rings. The second-order valence-corrected chi connectivity index (χ2v) is 5.49. The molecule has 0 saturated carbocycles. The van der Waals surface area contributed by atoms with E-state index in [0.29, 0.717) is 10.9 Å². The second-order valence-electron chi connectivity index (χ2n) is 5.49. The van der Waals surface area contributed by atoms with E-state index < -0.39 is 0 Å². The van der Waals surface area contributed by atoms with Crippen molar-refractivity contribution in [2.75, 3.05) is 5.43 Å². The number of anilines is 1. The minimum atomic E-state index is -0.272. The van der Waals surface area contributed by atoms with Crippen LogP contribution in [0.5, 0.6) is 0 Å². The minimum Gasteiger partial charge on any atom is -0.405 e. The van der Waals surface area contributed by atoms with Gasteiger partial charge >= 0.3 is 0 Å². The van der Waals surface area contributed by atoms with Gasteiger partial charge in [0.05, 0.1) is 17.1 Å². The fraction of sp³-hybridized carbons (Fsp3) is 0.167. The Labute approximate surface area is 139 Å². The maximum Gasteiger partial charge on any atom is 0.295 e. The first kappa shape index (κ1) is 15.7. The number of fused-ring (bicyclic) bond motifs is 1. The first-order valence-corrected chi connectivity index (χ1v) is 7.68. The summed E-state index contributed by atoms with van der Waals surface area (Å²) in [6, 6.07) is 16.8. The van der Waals surface area contributed by atoms with E-state index in [4.69, 9.17) is 4.84 Å². The Balaban J connectivity index is 1.99. The molecule has 2 aromatic carbocycles. The van der Waals surface area contributed by atoms with Crippen molar-refractivity contribution in [3.63, 3.8) is 0 Å². The van der Waals surface area contributed by atoms with E-state index in [1.807, 2.05) is 50.2 Å². The molecule has 3 rings (SSSR count). The molecule has 1 heterocycles. The Morgan fingerprint density at radius 1 is 1.12 bits per heavy atom. The number of hydrazone groups is 1. The summed E-state index contributed by atoms with van der Waals surface area (Å²) >= 11 is 0. The average Bonchev–Trinajstić information content (AvgIpc) is 2.59. The summed E-state index contributed by atoms with van der Waals surface area (Å²) in [4.78, 5) is 22.6. The summed E-state index contributed by atoms with van der Waals surface area (Å²) in [5.41, 5.74) is 4.05. The fourth-order valence-electron chi connectivity index (χ4n) is 2.20. The van der Waals surface area contributed by atoms with Crippen LogP contribution in [0.25, 0.3) is 10.9 Å². The van der Waals surface area contributed by atoms with E-state index in [0.717, 1.165) is 10.3 Å². The molecule has 0 saturated heterocycles. The van der Waals surface area contributed by atoms with E-state index in [2.05, 4.69) is 15.5 Å². The van der Waals surface area contributed by atoms with Crippen LogP contribution in [0.15, 0.2) is 64.5 Å². The van der Waals surface area contributed by atoms with Gasteiger partial charge in [0.15, 0.2) is 0 Å².